The summed E-state index contributed by atoms with van der Waals surface area (Å²) in [7, 11) is 0. The van der Waals surface area contributed by atoms with Crippen LogP contribution in [0.15, 0.2) is 34.9 Å². The maximum absolute atomic E-state index is 13.2. The molecule has 4 heteroatoms. The number of rotatable bonds is 2. The normalized spacial score (nSPS) is 23.8. The predicted octanol–water partition coefficient (Wildman–Crippen LogP) is 3.77. The molecule has 1 aliphatic carbocycles. The van der Waals surface area contributed by atoms with Crippen molar-refractivity contribution in [2.75, 3.05) is 6.54 Å². The van der Waals surface area contributed by atoms with E-state index in [9.17, 15) is 4.79 Å². The minimum Gasteiger partial charge on any atom is -0.359 e. The quantitative estimate of drug-likeness (QED) is 0.848. The molecule has 1 aromatic heterocycles. The summed E-state index contributed by atoms with van der Waals surface area (Å²) >= 11 is 0. The van der Waals surface area contributed by atoms with Crippen LogP contribution in [0.5, 0.6) is 0 Å². The Morgan fingerprint density at radius 3 is 2.96 bits per heavy atom. The minimum absolute atomic E-state index is 0.00423. The fourth-order valence-electron chi connectivity index (χ4n) is 4.08. The Kier molecular flexibility index (Phi) is 3.68. The molecular weight excluding hydrogens is 288 g/mol. The summed E-state index contributed by atoms with van der Waals surface area (Å²) in [6, 6.07) is 10.4. The Bertz CT molecular complexity index is 722. The summed E-state index contributed by atoms with van der Waals surface area (Å²) in [6.45, 7) is 2.74. The fourth-order valence-corrected chi connectivity index (χ4v) is 4.08. The molecule has 0 radical (unpaired) electrons. The molecule has 0 spiro atoms. The van der Waals surface area contributed by atoms with Crippen molar-refractivity contribution in [1.82, 2.24) is 10.1 Å². The van der Waals surface area contributed by atoms with E-state index in [4.69, 9.17) is 4.52 Å². The van der Waals surface area contributed by atoms with Gasteiger partial charge in [-0.3, -0.25) is 4.79 Å². The van der Waals surface area contributed by atoms with Crippen LogP contribution < -0.4 is 0 Å². The highest BCUT2D eigenvalue weighted by Crippen LogP contribution is 2.38. The van der Waals surface area contributed by atoms with Crippen LogP contribution >= 0.6 is 0 Å². The van der Waals surface area contributed by atoms with Crippen LogP contribution in [0, 0.1) is 6.92 Å². The maximum atomic E-state index is 13.2. The maximum Gasteiger partial charge on any atom is 0.230 e. The molecule has 2 aliphatic rings. The first-order valence-electron chi connectivity index (χ1n) is 8.55. The number of likely N-dealkylation sites (tertiary alicyclic amines) is 1. The molecule has 23 heavy (non-hydrogen) atoms. The number of aryl methyl sites for hydroxylation is 2. The van der Waals surface area contributed by atoms with Crippen LogP contribution in [0.4, 0.5) is 0 Å². The lowest BCUT2D eigenvalue weighted by Gasteiger charge is -2.31. The van der Waals surface area contributed by atoms with Gasteiger partial charge in [-0.25, -0.2) is 0 Å². The largest absolute Gasteiger partial charge is 0.359 e. The van der Waals surface area contributed by atoms with Crippen LogP contribution in [0.25, 0.3) is 0 Å². The lowest BCUT2D eigenvalue weighted by atomic mass is 9.82. The molecule has 0 bridgehead atoms. The zero-order chi connectivity index (χ0) is 15.8. The van der Waals surface area contributed by atoms with Crippen molar-refractivity contribution in [2.45, 2.75) is 51.0 Å². The molecule has 2 atom stereocenters. The number of carbonyl (C=O) groups excluding carboxylic acids is 1. The molecule has 1 amide bonds. The second kappa shape index (κ2) is 5.84. The van der Waals surface area contributed by atoms with Gasteiger partial charge < -0.3 is 9.42 Å². The number of hydrogen-bond donors (Lipinski definition) is 0. The number of hydrogen-bond acceptors (Lipinski definition) is 3. The van der Waals surface area contributed by atoms with E-state index in [1.165, 1.54) is 11.1 Å². The molecular formula is C19H22N2O2. The second-order valence-electron chi connectivity index (χ2n) is 6.70. The minimum atomic E-state index is 0.00423. The first-order valence-corrected chi connectivity index (χ1v) is 8.55. The molecule has 2 heterocycles. The van der Waals surface area contributed by atoms with E-state index in [-0.39, 0.29) is 17.9 Å². The van der Waals surface area contributed by atoms with Gasteiger partial charge in [0, 0.05) is 12.6 Å². The topological polar surface area (TPSA) is 46.3 Å². The zero-order valence-electron chi connectivity index (χ0n) is 13.5. The van der Waals surface area contributed by atoms with Gasteiger partial charge >= 0.3 is 0 Å². The van der Waals surface area contributed by atoms with Crippen molar-refractivity contribution in [2.24, 2.45) is 0 Å². The SMILES string of the molecule is Cc1cc([C@@H]2CCCN2C(=O)[C@@H]2CCCc3ccccc32)on1. The Hall–Kier alpha value is -2.10. The third kappa shape index (κ3) is 2.56. The summed E-state index contributed by atoms with van der Waals surface area (Å²) in [4.78, 5) is 15.2. The fraction of sp³-hybridized carbons (Fsp3) is 0.474. The van der Waals surface area contributed by atoms with Crippen LogP contribution in [0.1, 0.15) is 60.2 Å². The average Bonchev–Trinajstić information content (AvgIpc) is 3.22. The van der Waals surface area contributed by atoms with E-state index in [1.807, 2.05) is 24.0 Å². The molecule has 0 N–H and O–H groups in total. The summed E-state index contributed by atoms with van der Waals surface area (Å²) in [5.41, 5.74) is 3.44. The van der Waals surface area contributed by atoms with Crippen LogP contribution in [0.3, 0.4) is 0 Å². The summed E-state index contributed by atoms with van der Waals surface area (Å²) < 4.78 is 5.44. The van der Waals surface area contributed by atoms with Crippen molar-refractivity contribution in [3.05, 3.63) is 52.9 Å². The van der Waals surface area contributed by atoms with E-state index in [1.54, 1.807) is 0 Å². The molecule has 4 rings (SSSR count). The molecule has 2 aromatic rings. The molecule has 1 saturated heterocycles. The Labute approximate surface area is 136 Å². The highest BCUT2D eigenvalue weighted by molar-refractivity contribution is 5.85. The van der Waals surface area contributed by atoms with Crippen LogP contribution in [0.2, 0.25) is 0 Å². The van der Waals surface area contributed by atoms with E-state index < -0.39 is 0 Å². The van der Waals surface area contributed by atoms with Gasteiger partial charge in [0.2, 0.25) is 5.91 Å². The molecule has 4 nitrogen and oxygen atoms in total. The third-order valence-electron chi connectivity index (χ3n) is 5.18. The highest BCUT2D eigenvalue weighted by atomic mass is 16.5. The molecule has 1 fully saturated rings. The van der Waals surface area contributed by atoms with Crippen molar-refractivity contribution in [3.63, 3.8) is 0 Å². The zero-order valence-corrected chi connectivity index (χ0v) is 13.5. The monoisotopic (exact) mass is 310 g/mol. The van der Waals surface area contributed by atoms with Crippen molar-refractivity contribution < 1.29 is 9.32 Å². The highest BCUT2D eigenvalue weighted by Gasteiger charge is 2.37. The van der Waals surface area contributed by atoms with Gasteiger partial charge in [-0.15, -0.1) is 0 Å². The standard InChI is InChI=1S/C19H22N2O2/c1-13-12-18(23-20-13)17-10-5-11-21(17)19(22)16-9-4-7-14-6-2-3-8-15(14)16/h2-3,6,8,12,16-17H,4-5,7,9-11H2,1H3/t16-,17+/m1/s1. The third-order valence-corrected chi connectivity index (χ3v) is 5.18. The van der Waals surface area contributed by atoms with E-state index in [2.05, 4.69) is 23.4 Å². The molecule has 1 aromatic carbocycles. The number of aromatic nitrogens is 1. The van der Waals surface area contributed by atoms with Crippen molar-refractivity contribution >= 4 is 5.91 Å². The lowest BCUT2D eigenvalue weighted by molar-refractivity contribution is -0.134. The van der Waals surface area contributed by atoms with Gasteiger partial charge in [0.05, 0.1) is 17.7 Å². The number of fused-ring (bicyclic) bond motifs is 1. The van der Waals surface area contributed by atoms with Gasteiger partial charge in [0.15, 0.2) is 5.76 Å². The van der Waals surface area contributed by atoms with Gasteiger partial charge in [-0.2, -0.15) is 0 Å². The smallest absolute Gasteiger partial charge is 0.230 e. The Morgan fingerprint density at radius 2 is 2.13 bits per heavy atom. The predicted molar refractivity (Wildman–Crippen MR) is 87.0 cm³/mol. The average molecular weight is 310 g/mol. The van der Waals surface area contributed by atoms with E-state index in [0.717, 1.165) is 50.1 Å². The number of carbonyl (C=O) groups is 1. The second-order valence-corrected chi connectivity index (χ2v) is 6.70. The first kappa shape index (κ1) is 14.5. The number of amides is 1. The molecule has 1 aliphatic heterocycles. The molecule has 0 unspecified atom stereocenters. The molecule has 0 saturated carbocycles. The van der Waals surface area contributed by atoms with E-state index >= 15 is 0 Å². The molecule has 120 valence electrons. The summed E-state index contributed by atoms with van der Waals surface area (Å²) in [6.07, 6.45) is 5.13. The van der Waals surface area contributed by atoms with Crippen molar-refractivity contribution in [1.29, 1.82) is 0 Å². The number of benzene rings is 1. The Morgan fingerprint density at radius 1 is 1.26 bits per heavy atom. The van der Waals surface area contributed by atoms with Gasteiger partial charge in [-0.1, -0.05) is 29.4 Å². The Balaban J connectivity index is 1.62. The van der Waals surface area contributed by atoms with Crippen LogP contribution in [-0.2, 0) is 11.2 Å². The summed E-state index contributed by atoms with van der Waals surface area (Å²) in [5.74, 6) is 1.09. The first-order chi connectivity index (χ1) is 11.2. The van der Waals surface area contributed by atoms with Crippen molar-refractivity contribution in [3.8, 4) is 0 Å². The lowest BCUT2D eigenvalue weighted by Crippen LogP contribution is -2.36. The van der Waals surface area contributed by atoms with Gasteiger partial charge in [-0.05, 0) is 50.2 Å². The van der Waals surface area contributed by atoms with Crippen LogP contribution in [-0.4, -0.2) is 22.5 Å². The number of nitrogens with zero attached hydrogens (tertiary/aromatic N) is 2. The summed E-state index contributed by atoms with van der Waals surface area (Å²) in [5, 5.41) is 3.99. The van der Waals surface area contributed by atoms with E-state index in [0.29, 0.717) is 0 Å². The van der Waals surface area contributed by atoms with Gasteiger partial charge in [0.25, 0.3) is 0 Å². The van der Waals surface area contributed by atoms with Gasteiger partial charge in [0.1, 0.15) is 0 Å².